The number of aryl methyl sites for hydroxylation is 2. The first kappa shape index (κ1) is 12.7. The molecule has 100 valence electrons. The fourth-order valence-corrected chi connectivity index (χ4v) is 2.74. The van der Waals surface area contributed by atoms with Gasteiger partial charge in [0, 0.05) is 10.9 Å². The first-order valence-electron chi connectivity index (χ1n) is 6.77. The fourth-order valence-electron chi connectivity index (χ4n) is 2.74. The molecule has 0 saturated carbocycles. The summed E-state index contributed by atoms with van der Waals surface area (Å²) in [5, 5.41) is 0.777. The Kier molecular flexibility index (Phi) is 2.94. The lowest BCUT2D eigenvalue weighted by Crippen LogP contribution is -2.10. The van der Waals surface area contributed by atoms with Crippen molar-refractivity contribution in [2.24, 2.45) is 0 Å². The average Bonchev–Trinajstić information content (AvgIpc) is 2.44. The van der Waals surface area contributed by atoms with Gasteiger partial charge in [-0.1, -0.05) is 36.4 Å². The van der Waals surface area contributed by atoms with Crippen molar-refractivity contribution in [3.8, 4) is 11.3 Å². The summed E-state index contributed by atoms with van der Waals surface area (Å²) in [4.78, 5) is 16.1. The van der Waals surface area contributed by atoms with Gasteiger partial charge in [0.15, 0.2) is 5.43 Å². The predicted octanol–water partition coefficient (Wildman–Crippen LogP) is 4.12. The van der Waals surface area contributed by atoms with Gasteiger partial charge in [0.25, 0.3) is 0 Å². The molecule has 2 nitrogen and oxygen atoms in total. The van der Waals surface area contributed by atoms with Crippen LogP contribution in [0.15, 0.2) is 47.3 Å². The van der Waals surface area contributed by atoms with Gasteiger partial charge in [-0.25, -0.2) is 0 Å². The normalized spacial score (nSPS) is 10.9. The zero-order valence-corrected chi connectivity index (χ0v) is 11.9. The summed E-state index contributed by atoms with van der Waals surface area (Å²) in [5.74, 6) is 0. The van der Waals surface area contributed by atoms with Crippen LogP contribution < -0.4 is 5.43 Å². The minimum atomic E-state index is 0.115. The molecule has 0 fully saturated rings. The van der Waals surface area contributed by atoms with Crippen molar-refractivity contribution in [2.45, 2.75) is 20.8 Å². The van der Waals surface area contributed by atoms with Gasteiger partial charge in [-0.3, -0.25) is 4.79 Å². The van der Waals surface area contributed by atoms with E-state index < -0.39 is 0 Å². The van der Waals surface area contributed by atoms with Crippen molar-refractivity contribution in [1.29, 1.82) is 0 Å². The van der Waals surface area contributed by atoms with Crippen LogP contribution in [0.3, 0.4) is 0 Å². The van der Waals surface area contributed by atoms with E-state index in [0.29, 0.717) is 0 Å². The highest BCUT2D eigenvalue weighted by molar-refractivity contribution is 5.86. The number of hydrogen-bond donors (Lipinski definition) is 1. The lowest BCUT2D eigenvalue weighted by Gasteiger charge is -2.11. The second kappa shape index (κ2) is 4.64. The van der Waals surface area contributed by atoms with Crippen LogP contribution in [0.5, 0.6) is 0 Å². The molecule has 1 N–H and O–H groups in total. The van der Waals surface area contributed by atoms with E-state index in [1.165, 1.54) is 0 Å². The van der Waals surface area contributed by atoms with E-state index in [9.17, 15) is 4.79 Å². The maximum atomic E-state index is 12.6. The van der Waals surface area contributed by atoms with Gasteiger partial charge in [-0.05, 0) is 43.5 Å². The lowest BCUT2D eigenvalue weighted by molar-refractivity contribution is 1.27. The molecule has 2 heteroatoms. The Morgan fingerprint density at radius 2 is 1.65 bits per heavy atom. The maximum Gasteiger partial charge on any atom is 0.192 e. The molecule has 0 saturated heterocycles. The maximum absolute atomic E-state index is 12.6. The molecular weight excluding hydrogens is 246 g/mol. The molecule has 0 aliphatic rings. The van der Waals surface area contributed by atoms with Crippen LogP contribution >= 0.6 is 0 Å². The highest BCUT2D eigenvalue weighted by Crippen LogP contribution is 2.24. The zero-order chi connectivity index (χ0) is 14.3. The molecule has 3 aromatic rings. The number of aromatic amines is 1. The van der Waals surface area contributed by atoms with Crippen LogP contribution in [0.2, 0.25) is 0 Å². The highest BCUT2D eigenvalue weighted by atomic mass is 16.1. The largest absolute Gasteiger partial charge is 0.354 e. The Morgan fingerprint density at radius 3 is 2.35 bits per heavy atom. The van der Waals surface area contributed by atoms with Crippen molar-refractivity contribution in [1.82, 2.24) is 4.98 Å². The molecule has 0 spiro atoms. The smallest absolute Gasteiger partial charge is 0.192 e. The minimum absolute atomic E-state index is 0.115. The molecule has 0 aliphatic heterocycles. The first-order valence-corrected chi connectivity index (χ1v) is 6.77. The third-order valence-electron chi connectivity index (χ3n) is 3.75. The molecule has 0 atom stereocenters. The van der Waals surface area contributed by atoms with Gasteiger partial charge in [-0.15, -0.1) is 0 Å². The number of hydrogen-bond acceptors (Lipinski definition) is 1. The minimum Gasteiger partial charge on any atom is -0.354 e. The number of aromatic nitrogens is 1. The molecular formula is C18H17NO. The topological polar surface area (TPSA) is 32.9 Å². The Balaban J connectivity index is 2.42. The van der Waals surface area contributed by atoms with Gasteiger partial charge < -0.3 is 4.98 Å². The fraction of sp³-hybridized carbons (Fsp3) is 0.167. The quantitative estimate of drug-likeness (QED) is 0.703. The number of fused-ring (bicyclic) bond motifs is 1. The summed E-state index contributed by atoms with van der Waals surface area (Å²) < 4.78 is 0. The van der Waals surface area contributed by atoms with E-state index in [0.717, 1.165) is 38.9 Å². The van der Waals surface area contributed by atoms with Gasteiger partial charge in [0.2, 0.25) is 0 Å². The van der Waals surface area contributed by atoms with Crippen LogP contribution in [-0.4, -0.2) is 4.98 Å². The Bertz CT molecular complexity index is 845. The van der Waals surface area contributed by atoms with Crippen molar-refractivity contribution in [3.05, 3.63) is 69.4 Å². The van der Waals surface area contributed by atoms with Crippen LogP contribution in [0.4, 0.5) is 0 Å². The summed E-state index contributed by atoms with van der Waals surface area (Å²) in [6, 6.07) is 14.1. The van der Waals surface area contributed by atoms with E-state index >= 15 is 0 Å². The summed E-state index contributed by atoms with van der Waals surface area (Å²) in [6.07, 6.45) is 0. The second-order valence-corrected chi connectivity index (χ2v) is 5.32. The van der Waals surface area contributed by atoms with Crippen molar-refractivity contribution in [3.63, 3.8) is 0 Å². The Morgan fingerprint density at radius 1 is 0.950 bits per heavy atom. The van der Waals surface area contributed by atoms with E-state index in [1.807, 2.05) is 57.2 Å². The van der Waals surface area contributed by atoms with Crippen LogP contribution in [0, 0.1) is 20.8 Å². The number of benzene rings is 2. The van der Waals surface area contributed by atoms with E-state index in [1.54, 1.807) is 0 Å². The summed E-state index contributed by atoms with van der Waals surface area (Å²) in [7, 11) is 0. The molecule has 20 heavy (non-hydrogen) atoms. The van der Waals surface area contributed by atoms with Gasteiger partial charge in [0.1, 0.15) is 0 Å². The molecule has 0 amide bonds. The predicted molar refractivity (Wildman–Crippen MR) is 84.2 cm³/mol. The van der Waals surface area contributed by atoms with E-state index in [2.05, 4.69) is 11.1 Å². The van der Waals surface area contributed by atoms with Crippen molar-refractivity contribution >= 4 is 10.9 Å². The zero-order valence-electron chi connectivity index (χ0n) is 11.9. The lowest BCUT2D eigenvalue weighted by atomic mass is 10.0. The molecule has 0 radical (unpaired) electrons. The van der Waals surface area contributed by atoms with E-state index in [4.69, 9.17) is 0 Å². The van der Waals surface area contributed by atoms with Crippen molar-refractivity contribution in [2.75, 3.05) is 0 Å². The van der Waals surface area contributed by atoms with Gasteiger partial charge in [0.05, 0.1) is 11.2 Å². The van der Waals surface area contributed by atoms with Crippen LogP contribution in [-0.2, 0) is 0 Å². The molecule has 3 rings (SSSR count). The van der Waals surface area contributed by atoms with Gasteiger partial charge >= 0.3 is 0 Å². The molecule has 1 heterocycles. The monoisotopic (exact) mass is 263 g/mol. The van der Waals surface area contributed by atoms with Crippen molar-refractivity contribution < 1.29 is 0 Å². The molecule has 2 aromatic carbocycles. The molecule has 0 aliphatic carbocycles. The van der Waals surface area contributed by atoms with E-state index in [-0.39, 0.29) is 5.43 Å². The van der Waals surface area contributed by atoms with Crippen LogP contribution in [0.25, 0.3) is 22.2 Å². The summed E-state index contributed by atoms with van der Waals surface area (Å²) in [5.41, 5.74) is 6.00. The molecule has 0 unspecified atom stereocenters. The molecule has 1 aromatic heterocycles. The third-order valence-corrected chi connectivity index (χ3v) is 3.75. The highest BCUT2D eigenvalue weighted by Gasteiger charge is 2.11. The second-order valence-electron chi connectivity index (χ2n) is 5.32. The number of H-pyrrole nitrogens is 1. The average molecular weight is 263 g/mol. The number of pyridine rings is 1. The first-order chi connectivity index (χ1) is 9.58. The number of nitrogens with one attached hydrogen (secondary N) is 1. The third kappa shape index (κ3) is 1.94. The standard InChI is InChI=1S/C18H17NO/c1-11-9-12(2)16-15(10-11)18(20)13(3)17(19-16)14-7-5-4-6-8-14/h4-10H,1-3H3,(H,19,20). The summed E-state index contributed by atoms with van der Waals surface area (Å²) >= 11 is 0. The Hall–Kier alpha value is -2.35. The summed E-state index contributed by atoms with van der Waals surface area (Å²) in [6.45, 7) is 5.94. The number of rotatable bonds is 1. The molecule has 0 bridgehead atoms. The van der Waals surface area contributed by atoms with Crippen LogP contribution in [0.1, 0.15) is 16.7 Å². The Labute approximate surface area is 118 Å². The SMILES string of the molecule is Cc1cc(C)c2[nH]c(-c3ccccc3)c(C)c(=O)c2c1. The van der Waals surface area contributed by atoms with Gasteiger partial charge in [-0.2, -0.15) is 0 Å².